The standard InChI is InChI=1S/C8H16O/c1-6(2)5-7(3)8(4)9/h6,9H,5H2,1-4H3/b8-7-. The smallest absolute Gasteiger partial charge is 0.0881 e. The van der Waals surface area contributed by atoms with Crippen LogP contribution in [0.15, 0.2) is 11.3 Å². The quantitative estimate of drug-likeness (QED) is 0.567. The molecule has 0 saturated carbocycles. The second-order valence-corrected chi connectivity index (χ2v) is 2.96. The SMILES string of the molecule is C/C(O)=C(\C)CC(C)C. The Morgan fingerprint density at radius 2 is 1.78 bits per heavy atom. The molecule has 0 aliphatic rings. The van der Waals surface area contributed by atoms with E-state index >= 15 is 0 Å². The van der Waals surface area contributed by atoms with Gasteiger partial charge in [-0.3, -0.25) is 0 Å². The van der Waals surface area contributed by atoms with Gasteiger partial charge in [0.05, 0.1) is 5.76 Å². The molecule has 0 aromatic rings. The van der Waals surface area contributed by atoms with Crippen molar-refractivity contribution in [3.8, 4) is 0 Å². The van der Waals surface area contributed by atoms with Crippen LogP contribution in [-0.2, 0) is 0 Å². The minimum Gasteiger partial charge on any atom is -0.513 e. The summed E-state index contributed by atoms with van der Waals surface area (Å²) in [5.74, 6) is 1.12. The van der Waals surface area contributed by atoms with Crippen LogP contribution in [0.2, 0.25) is 0 Å². The first-order valence-corrected chi connectivity index (χ1v) is 3.39. The maximum absolute atomic E-state index is 8.95. The summed E-state index contributed by atoms with van der Waals surface area (Å²) in [6.07, 6.45) is 1.00. The number of rotatable bonds is 2. The van der Waals surface area contributed by atoms with Crippen molar-refractivity contribution in [2.45, 2.75) is 34.1 Å². The van der Waals surface area contributed by atoms with Gasteiger partial charge in [0.2, 0.25) is 0 Å². The highest BCUT2D eigenvalue weighted by atomic mass is 16.3. The van der Waals surface area contributed by atoms with Crippen molar-refractivity contribution in [2.75, 3.05) is 0 Å². The van der Waals surface area contributed by atoms with Gasteiger partial charge >= 0.3 is 0 Å². The van der Waals surface area contributed by atoms with Crippen molar-refractivity contribution < 1.29 is 5.11 Å². The molecule has 1 nitrogen and oxygen atoms in total. The molecule has 0 rings (SSSR count). The molecule has 0 aromatic carbocycles. The minimum atomic E-state index is 0.476. The molecule has 0 aromatic heterocycles. The molecule has 0 bridgehead atoms. The van der Waals surface area contributed by atoms with Crippen molar-refractivity contribution >= 4 is 0 Å². The lowest BCUT2D eigenvalue weighted by atomic mass is 10.0. The fourth-order valence-electron chi connectivity index (χ4n) is 0.760. The van der Waals surface area contributed by atoms with Crippen LogP contribution in [0.4, 0.5) is 0 Å². The number of hydrogen-bond acceptors (Lipinski definition) is 1. The Hall–Kier alpha value is -0.460. The maximum atomic E-state index is 8.95. The Balaban J connectivity index is 3.77. The number of aliphatic hydroxyl groups is 1. The first kappa shape index (κ1) is 8.54. The lowest BCUT2D eigenvalue weighted by Crippen LogP contribution is -1.90. The highest BCUT2D eigenvalue weighted by molar-refractivity contribution is 5.01. The predicted molar refractivity (Wildman–Crippen MR) is 40.5 cm³/mol. The van der Waals surface area contributed by atoms with Crippen molar-refractivity contribution in [1.82, 2.24) is 0 Å². The lowest BCUT2D eigenvalue weighted by molar-refractivity contribution is 0.400. The third-order valence-electron chi connectivity index (χ3n) is 1.33. The van der Waals surface area contributed by atoms with E-state index in [4.69, 9.17) is 5.11 Å². The maximum Gasteiger partial charge on any atom is 0.0881 e. The lowest BCUT2D eigenvalue weighted by Gasteiger charge is -2.04. The summed E-state index contributed by atoms with van der Waals surface area (Å²) in [5, 5.41) is 8.95. The van der Waals surface area contributed by atoms with E-state index < -0.39 is 0 Å². The summed E-state index contributed by atoms with van der Waals surface area (Å²) >= 11 is 0. The average molecular weight is 128 g/mol. The monoisotopic (exact) mass is 128 g/mol. The second-order valence-electron chi connectivity index (χ2n) is 2.96. The number of allylic oxidation sites excluding steroid dienone is 2. The molecule has 0 fully saturated rings. The molecule has 9 heavy (non-hydrogen) atoms. The summed E-state index contributed by atoms with van der Waals surface area (Å²) in [7, 11) is 0. The molecule has 1 heteroatoms. The van der Waals surface area contributed by atoms with Crippen LogP contribution in [-0.4, -0.2) is 5.11 Å². The molecule has 0 heterocycles. The zero-order chi connectivity index (χ0) is 7.44. The van der Waals surface area contributed by atoms with E-state index in [0.29, 0.717) is 11.7 Å². The van der Waals surface area contributed by atoms with Crippen molar-refractivity contribution in [2.24, 2.45) is 5.92 Å². The van der Waals surface area contributed by atoms with Crippen LogP contribution in [0.1, 0.15) is 34.1 Å². The van der Waals surface area contributed by atoms with Crippen LogP contribution < -0.4 is 0 Å². The second kappa shape index (κ2) is 3.54. The van der Waals surface area contributed by atoms with Gasteiger partial charge in [0, 0.05) is 0 Å². The van der Waals surface area contributed by atoms with Gasteiger partial charge < -0.3 is 5.11 Å². The van der Waals surface area contributed by atoms with Crippen LogP contribution in [0.25, 0.3) is 0 Å². The molecule has 0 radical (unpaired) electrons. The van der Waals surface area contributed by atoms with E-state index in [0.717, 1.165) is 12.0 Å². The largest absolute Gasteiger partial charge is 0.513 e. The molecule has 0 amide bonds. The van der Waals surface area contributed by atoms with Gasteiger partial charge in [0.1, 0.15) is 0 Å². The van der Waals surface area contributed by atoms with Crippen molar-refractivity contribution in [3.05, 3.63) is 11.3 Å². The van der Waals surface area contributed by atoms with Crippen LogP contribution >= 0.6 is 0 Å². The Morgan fingerprint density at radius 3 is 1.89 bits per heavy atom. The molecule has 0 unspecified atom stereocenters. The first-order chi connectivity index (χ1) is 4.04. The molecule has 0 aliphatic carbocycles. The van der Waals surface area contributed by atoms with E-state index in [1.165, 1.54) is 0 Å². The van der Waals surface area contributed by atoms with E-state index in [2.05, 4.69) is 13.8 Å². The number of aliphatic hydroxyl groups excluding tert-OH is 1. The van der Waals surface area contributed by atoms with Crippen LogP contribution in [0.5, 0.6) is 0 Å². The molecular weight excluding hydrogens is 112 g/mol. The molecule has 0 atom stereocenters. The summed E-state index contributed by atoms with van der Waals surface area (Å²) in [6, 6.07) is 0. The third-order valence-corrected chi connectivity index (χ3v) is 1.33. The average Bonchev–Trinajstić information content (AvgIpc) is 1.63. The van der Waals surface area contributed by atoms with Gasteiger partial charge in [0.15, 0.2) is 0 Å². The highest BCUT2D eigenvalue weighted by Gasteiger charge is 1.97. The zero-order valence-corrected chi connectivity index (χ0v) is 6.73. The number of hydrogen-bond donors (Lipinski definition) is 1. The third kappa shape index (κ3) is 4.07. The first-order valence-electron chi connectivity index (χ1n) is 3.39. The molecule has 54 valence electrons. The van der Waals surface area contributed by atoms with Gasteiger partial charge in [0.25, 0.3) is 0 Å². The summed E-state index contributed by atoms with van der Waals surface area (Å²) in [4.78, 5) is 0. The van der Waals surface area contributed by atoms with Gasteiger partial charge in [-0.1, -0.05) is 13.8 Å². The van der Waals surface area contributed by atoms with Crippen LogP contribution in [0, 0.1) is 5.92 Å². The van der Waals surface area contributed by atoms with E-state index in [9.17, 15) is 0 Å². The Kier molecular flexibility index (Phi) is 3.36. The van der Waals surface area contributed by atoms with Gasteiger partial charge in [-0.2, -0.15) is 0 Å². The van der Waals surface area contributed by atoms with Crippen molar-refractivity contribution in [1.29, 1.82) is 0 Å². The highest BCUT2D eigenvalue weighted by Crippen LogP contribution is 2.11. The topological polar surface area (TPSA) is 20.2 Å². The van der Waals surface area contributed by atoms with E-state index in [1.54, 1.807) is 6.92 Å². The van der Waals surface area contributed by atoms with E-state index in [-0.39, 0.29) is 0 Å². The minimum absolute atomic E-state index is 0.476. The summed E-state index contributed by atoms with van der Waals surface area (Å²) < 4.78 is 0. The molecule has 0 saturated heterocycles. The fourth-order valence-corrected chi connectivity index (χ4v) is 0.760. The van der Waals surface area contributed by atoms with Crippen molar-refractivity contribution in [3.63, 3.8) is 0 Å². The normalized spacial score (nSPS) is 13.9. The summed E-state index contributed by atoms with van der Waals surface area (Å²) in [5.41, 5.74) is 1.10. The van der Waals surface area contributed by atoms with Gasteiger partial charge in [-0.25, -0.2) is 0 Å². The Labute approximate surface area is 57.4 Å². The summed E-state index contributed by atoms with van der Waals surface area (Å²) in [6.45, 7) is 7.99. The molecule has 0 aliphatic heterocycles. The molecular formula is C8H16O. The predicted octanol–water partition coefficient (Wildman–Crippen LogP) is 2.88. The van der Waals surface area contributed by atoms with Crippen LogP contribution in [0.3, 0.4) is 0 Å². The Bertz CT molecular complexity index is 108. The van der Waals surface area contributed by atoms with E-state index in [1.807, 2.05) is 6.92 Å². The van der Waals surface area contributed by atoms with Gasteiger partial charge in [-0.15, -0.1) is 0 Å². The van der Waals surface area contributed by atoms with Gasteiger partial charge in [-0.05, 0) is 31.8 Å². The zero-order valence-electron chi connectivity index (χ0n) is 6.73. The fraction of sp³-hybridized carbons (Fsp3) is 0.750. The Morgan fingerprint density at radius 1 is 1.33 bits per heavy atom. The molecule has 0 spiro atoms. The molecule has 1 N–H and O–H groups in total.